The van der Waals surface area contributed by atoms with Gasteiger partial charge in [0, 0.05) is 18.0 Å². The zero-order valence-electron chi connectivity index (χ0n) is 13.9. The number of carbonyl (C=O) groups is 1. The molecule has 4 nitrogen and oxygen atoms in total. The van der Waals surface area contributed by atoms with Crippen molar-refractivity contribution in [1.82, 2.24) is 10.2 Å². The molecule has 0 radical (unpaired) electrons. The van der Waals surface area contributed by atoms with E-state index in [9.17, 15) is 9.18 Å². The lowest BCUT2D eigenvalue weighted by molar-refractivity contribution is -0.123. The van der Waals surface area contributed by atoms with Gasteiger partial charge in [0.15, 0.2) is 0 Å². The number of amides is 1. The highest BCUT2D eigenvalue weighted by atomic mass is 32.1. The Morgan fingerprint density at radius 3 is 2.79 bits per heavy atom. The second kappa shape index (κ2) is 7.83. The SMILES string of the molecule is CCCN(C(=O)C1CCCCC1)c1nnc(-c2cccc(F)c2)s1. The molecule has 1 amide bonds. The van der Waals surface area contributed by atoms with Crippen molar-refractivity contribution < 1.29 is 9.18 Å². The summed E-state index contributed by atoms with van der Waals surface area (Å²) in [7, 11) is 0. The molecule has 0 atom stereocenters. The molecule has 1 aliphatic carbocycles. The van der Waals surface area contributed by atoms with Gasteiger partial charge in [-0.2, -0.15) is 0 Å². The normalized spacial score (nSPS) is 15.4. The number of hydrogen-bond donors (Lipinski definition) is 0. The lowest BCUT2D eigenvalue weighted by Gasteiger charge is -2.27. The van der Waals surface area contributed by atoms with Gasteiger partial charge in [-0.25, -0.2) is 4.39 Å². The fourth-order valence-corrected chi connectivity index (χ4v) is 4.03. The Morgan fingerprint density at radius 1 is 1.29 bits per heavy atom. The number of carbonyl (C=O) groups excluding carboxylic acids is 1. The van der Waals surface area contributed by atoms with Gasteiger partial charge in [0.25, 0.3) is 0 Å². The minimum absolute atomic E-state index is 0.104. The standard InChI is InChI=1S/C18H22FN3OS/c1-2-11-22(17(23)13-7-4-3-5-8-13)18-21-20-16(24-18)14-9-6-10-15(19)12-14/h6,9-10,12-13H,2-5,7-8,11H2,1H3. The first-order chi connectivity index (χ1) is 11.7. The number of halogens is 1. The molecule has 1 aromatic heterocycles. The minimum Gasteiger partial charge on any atom is -0.286 e. The molecular formula is C18H22FN3OS. The van der Waals surface area contributed by atoms with Crippen LogP contribution in [0.5, 0.6) is 0 Å². The lowest BCUT2D eigenvalue weighted by Crippen LogP contribution is -2.37. The summed E-state index contributed by atoms with van der Waals surface area (Å²) in [5, 5.41) is 9.63. The van der Waals surface area contributed by atoms with Crippen LogP contribution in [0, 0.1) is 11.7 Å². The lowest BCUT2D eigenvalue weighted by atomic mass is 9.88. The van der Waals surface area contributed by atoms with Crippen LogP contribution in [0.3, 0.4) is 0 Å². The summed E-state index contributed by atoms with van der Waals surface area (Å²) in [5.41, 5.74) is 0.695. The average molecular weight is 347 g/mol. The second-order valence-electron chi connectivity index (χ2n) is 6.22. The van der Waals surface area contributed by atoms with Crippen LogP contribution in [0.2, 0.25) is 0 Å². The summed E-state index contributed by atoms with van der Waals surface area (Å²) in [6.45, 7) is 2.70. The summed E-state index contributed by atoms with van der Waals surface area (Å²) < 4.78 is 13.4. The molecule has 1 fully saturated rings. The van der Waals surface area contributed by atoms with Gasteiger partial charge in [0.1, 0.15) is 10.8 Å². The van der Waals surface area contributed by atoms with Crippen molar-refractivity contribution in [3.05, 3.63) is 30.1 Å². The van der Waals surface area contributed by atoms with Crippen LogP contribution < -0.4 is 4.90 Å². The molecule has 6 heteroatoms. The maximum Gasteiger partial charge on any atom is 0.231 e. The Kier molecular flexibility index (Phi) is 5.56. The Bertz CT molecular complexity index is 697. The number of anilines is 1. The fraction of sp³-hybridized carbons (Fsp3) is 0.500. The fourth-order valence-electron chi connectivity index (χ4n) is 3.16. The number of aromatic nitrogens is 2. The smallest absolute Gasteiger partial charge is 0.231 e. The number of hydrogen-bond acceptors (Lipinski definition) is 4. The molecule has 1 heterocycles. The highest BCUT2D eigenvalue weighted by Crippen LogP contribution is 2.32. The van der Waals surface area contributed by atoms with Gasteiger partial charge >= 0.3 is 0 Å². The first-order valence-electron chi connectivity index (χ1n) is 8.60. The number of benzene rings is 1. The predicted octanol–water partition coefficient (Wildman–Crippen LogP) is 4.67. The van der Waals surface area contributed by atoms with E-state index in [4.69, 9.17) is 0 Å². The van der Waals surface area contributed by atoms with Crippen LogP contribution in [0.1, 0.15) is 45.4 Å². The van der Waals surface area contributed by atoms with E-state index in [1.807, 2.05) is 0 Å². The molecule has 1 aliphatic rings. The monoisotopic (exact) mass is 347 g/mol. The average Bonchev–Trinajstić information content (AvgIpc) is 3.10. The van der Waals surface area contributed by atoms with E-state index in [2.05, 4.69) is 17.1 Å². The van der Waals surface area contributed by atoms with Gasteiger partial charge in [-0.05, 0) is 31.4 Å². The zero-order chi connectivity index (χ0) is 16.9. The first kappa shape index (κ1) is 17.0. The Morgan fingerprint density at radius 2 is 2.08 bits per heavy atom. The molecule has 3 rings (SSSR count). The van der Waals surface area contributed by atoms with Crippen molar-refractivity contribution in [2.45, 2.75) is 45.4 Å². The van der Waals surface area contributed by atoms with Gasteiger partial charge < -0.3 is 0 Å². The molecule has 0 spiro atoms. The van der Waals surface area contributed by atoms with Crippen molar-refractivity contribution in [2.24, 2.45) is 5.92 Å². The van der Waals surface area contributed by atoms with Crippen LogP contribution in [0.4, 0.5) is 9.52 Å². The van der Waals surface area contributed by atoms with Crippen molar-refractivity contribution in [2.75, 3.05) is 11.4 Å². The molecular weight excluding hydrogens is 325 g/mol. The third kappa shape index (κ3) is 3.80. The molecule has 0 unspecified atom stereocenters. The maximum absolute atomic E-state index is 13.4. The summed E-state index contributed by atoms with van der Waals surface area (Å²) in [5.74, 6) is -0.0294. The summed E-state index contributed by atoms with van der Waals surface area (Å²) in [4.78, 5) is 14.7. The molecule has 0 N–H and O–H groups in total. The van der Waals surface area contributed by atoms with E-state index < -0.39 is 0 Å². The van der Waals surface area contributed by atoms with Gasteiger partial charge in [-0.15, -0.1) is 10.2 Å². The van der Waals surface area contributed by atoms with Crippen molar-refractivity contribution in [1.29, 1.82) is 0 Å². The minimum atomic E-state index is -0.298. The second-order valence-corrected chi connectivity index (χ2v) is 7.18. The molecule has 24 heavy (non-hydrogen) atoms. The molecule has 2 aromatic rings. The van der Waals surface area contributed by atoms with E-state index in [0.717, 1.165) is 32.1 Å². The van der Waals surface area contributed by atoms with E-state index >= 15 is 0 Å². The van der Waals surface area contributed by atoms with E-state index in [1.165, 1.54) is 29.9 Å². The first-order valence-corrected chi connectivity index (χ1v) is 9.41. The largest absolute Gasteiger partial charge is 0.286 e. The summed E-state index contributed by atoms with van der Waals surface area (Å²) in [6, 6.07) is 6.31. The van der Waals surface area contributed by atoms with E-state index in [0.29, 0.717) is 22.2 Å². The van der Waals surface area contributed by atoms with Crippen LogP contribution in [-0.2, 0) is 4.79 Å². The Hall–Kier alpha value is -1.82. The Labute approximate surface area is 145 Å². The van der Waals surface area contributed by atoms with Gasteiger partial charge in [0.05, 0.1) is 0 Å². The van der Waals surface area contributed by atoms with Crippen LogP contribution in [0.25, 0.3) is 10.6 Å². The third-order valence-corrected chi connectivity index (χ3v) is 5.38. The van der Waals surface area contributed by atoms with Crippen LogP contribution in [-0.4, -0.2) is 22.6 Å². The van der Waals surface area contributed by atoms with Gasteiger partial charge in [-0.1, -0.05) is 49.7 Å². The molecule has 128 valence electrons. The van der Waals surface area contributed by atoms with Gasteiger partial charge in [-0.3, -0.25) is 9.69 Å². The van der Waals surface area contributed by atoms with Crippen molar-refractivity contribution >= 4 is 22.4 Å². The number of nitrogens with zero attached hydrogens (tertiary/aromatic N) is 3. The topological polar surface area (TPSA) is 46.1 Å². The summed E-state index contributed by atoms with van der Waals surface area (Å²) >= 11 is 1.35. The Balaban J connectivity index is 1.82. The molecule has 1 aromatic carbocycles. The molecule has 0 aliphatic heterocycles. The van der Waals surface area contributed by atoms with E-state index in [1.54, 1.807) is 17.0 Å². The highest BCUT2D eigenvalue weighted by Gasteiger charge is 2.28. The zero-order valence-corrected chi connectivity index (χ0v) is 14.7. The highest BCUT2D eigenvalue weighted by molar-refractivity contribution is 7.18. The van der Waals surface area contributed by atoms with Crippen molar-refractivity contribution in [3.63, 3.8) is 0 Å². The maximum atomic E-state index is 13.4. The third-order valence-electron chi connectivity index (χ3n) is 4.38. The van der Waals surface area contributed by atoms with Crippen molar-refractivity contribution in [3.8, 4) is 10.6 Å². The quantitative estimate of drug-likeness (QED) is 0.790. The predicted molar refractivity (Wildman–Crippen MR) is 94.5 cm³/mol. The molecule has 0 bridgehead atoms. The molecule has 0 saturated heterocycles. The molecule has 1 saturated carbocycles. The number of rotatable bonds is 5. The van der Waals surface area contributed by atoms with Crippen LogP contribution in [0.15, 0.2) is 24.3 Å². The van der Waals surface area contributed by atoms with Gasteiger partial charge in [0.2, 0.25) is 11.0 Å². The summed E-state index contributed by atoms with van der Waals surface area (Å²) in [6.07, 6.45) is 6.28. The van der Waals surface area contributed by atoms with Crippen LogP contribution >= 0.6 is 11.3 Å². The van der Waals surface area contributed by atoms with E-state index in [-0.39, 0.29) is 17.6 Å².